The first-order valence-corrected chi connectivity index (χ1v) is 9.61. The van der Waals surface area contributed by atoms with Crippen molar-refractivity contribution in [1.29, 1.82) is 0 Å². The van der Waals surface area contributed by atoms with Crippen LogP contribution < -0.4 is 5.32 Å². The van der Waals surface area contributed by atoms with Crippen molar-refractivity contribution in [2.45, 2.75) is 57.2 Å². The van der Waals surface area contributed by atoms with Crippen LogP contribution in [0.15, 0.2) is 18.3 Å². The van der Waals surface area contributed by atoms with Gasteiger partial charge in [-0.1, -0.05) is 0 Å². The summed E-state index contributed by atoms with van der Waals surface area (Å²) in [6.45, 7) is 1.68. The highest BCUT2D eigenvalue weighted by atomic mass is 19.4. The number of carbonyl (C=O) groups excluding carboxylic acids is 1. The Balaban J connectivity index is 1.50. The van der Waals surface area contributed by atoms with Crippen LogP contribution in [0.3, 0.4) is 0 Å². The van der Waals surface area contributed by atoms with E-state index in [9.17, 15) is 18.0 Å². The number of carbonyl (C=O) groups is 1. The molecule has 7 heteroatoms. The standard InChI is InChI=1S/C20H22F3N3O/c1-11-17(26-10-15(20(21,22)23)2-3-16(26)24-11)18(27)25-19-7-12-4-13(8-19)6-14(5-12)9-19/h2-3,10,12-14H,4-9H2,1H3,(H,25,27). The summed E-state index contributed by atoms with van der Waals surface area (Å²) >= 11 is 0. The van der Waals surface area contributed by atoms with Crippen molar-refractivity contribution < 1.29 is 18.0 Å². The summed E-state index contributed by atoms with van der Waals surface area (Å²) < 4.78 is 40.6. The van der Waals surface area contributed by atoms with Crippen molar-refractivity contribution >= 4 is 11.6 Å². The third kappa shape index (κ3) is 2.74. The van der Waals surface area contributed by atoms with Gasteiger partial charge in [0.1, 0.15) is 11.3 Å². The molecule has 2 aromatic rings. The second kappa shape index (κ2) is 5.49. The number of pyridine rings is 1. The number of rotatable bonds is 2. The maximum absolute atomic E-state index is 13.1. The molecule has 4 saturated carbocycles. The van der Waals surface area contributed by atoms with Gasteiger partial charge in [0.05, 0.1) is 11.3 Å². The average molecular weight is 377 g/mol. The number of alkyl halides is 3. The summed E-state index contributed by atoms with van der Waals surface area (Å²) in [6.07, 6.45) is 3.29. The molecule has 0 saturated heterocycles. The fraction of sp³-hybridized carbons (Fsp3) is 0.600. The normalized spacial score (nSPS) is 32.2. The SMILES string of the molecule is Cc1nc2ccc(C(F)(F)F)cn2c1C(=O)NC12CC3CC(CC(C3)C1)C2. The molecule has 4 nitrogen and oxygen atoms in total. The number of hydrogen-bond donors (Lipinski definition) is 1. The predicted molar refractivity (Wildman–Crippen MR) is 93.3 cm³/mol. The van der Waals surface area contributed by atoms with E-state index in [-0.39, 0.29) is 17.1 Å². The third-order valence-corrected chi connectivity index (χ3v) is 6.75. The van der Waals surface area contributed by atoms with E-state index in [2.05, 4.69) is 10.3 Å². The smallest absolute Gasteiger partial charge is 0.345 e. The average Bonchev–Trinajstić information content (AvgIpc) is 2.87. The first kappa shape index (κ1) is 17.1. The Morgan fingerprint density at radius 1 is 1.15 bits per heavy atom. The van der Waals surface area contributed by atoms with Crippen LogP contribution in [-0.2, 0) is 6.18 Å². The molecule has 0 spiro atoms. The predicted octanol–water partition coefficient (Wildman–Crippen LogP) is 4.36. The third-order valence-electron chi connectivity index (χ3n) is 6.75. The zero-order valence-corrected chi connectivity index (χ0v) is 15.1. The number of nitrogens with zero attached hydrogens (tertiary/aromatic N) is 2. The van der Waals surface area contributed by atoms with Gasteiger partial charge in [-0.2, -0.15) is 13.2 Å². The van der Waals surface area contributed by atoms with Crippen LogP contribution in [0, 0.1) is 24.7 Å². The van der Waals surface area contributed by atoms with Crippen molar-refractivity contribution in [3.63, 3.8) is 0 Å². The molecule has 6 rings (SSSR count). The molecule has 4 aliphatic carbocycles. The van der Waals surface area contributed by atoms with Gasteiger partial charge >= 0.3 is 6.18 Å². The zero-order chi connectivity index (χ0) is 19.0. The first-order valence-electron chi connectivity index (χ1n) is 9.61. The highest BCUT2D eigenvalue weighted by molar-refractivity contribution is 5.95. The Bertz CT molecular complexity index is 895. The van der Waals surface area contributed by atoms with E-state index in [1.807, 2.05) is 0 Å². The van der Waals surface area contributed by atoms with E-state index < -0.39 is 11.7 Å². The van der Waals surface area contributed by atoms with Gasteiger partial charge in [0.2, 0.25) is 0 Å². The lowest BCUT2D eigenvalue weighted by atomic mass is 9.53. The molecular formula is C20H22F3N3O. The number of fused-ring (bicyclic) bond motifs is 1. The van der Waals surface area contributed by atoms with Crippen molar-refractivity contribution in [3.05, 3.63) is 35.3 Å². The van der Waals surface area contributed by atoms with Crippen LogP contribution in [0.25, 0.3) is 5.65 Å². The van der Waals surface area contributed by atoms with E-state index in [1.54, 1.807) is 6.92 Å². The number of halogens is 3. The van der Waals surface area contributed by atoms with Gasteiger partial charge in [0.15, 0.2) is 0 Å². The molecule has 1 amide bonds. The Hall–Kier alpha value is -2.05. The molecule has 2 aromatic heterocycles. The van der Waals surface area contributed by atoms with E-state index in [0.29, 0.717) is 29.1 Å². The Morgan fingerprint density at radius 3 is 2.30 bits per heavy atom. The molecule has 0 aliphatic heterocycles. The zero-order valence-electron chi connectivity index (χ0n) is 15.1. The lowest BCUT2D eigenvalue weighted by Crippen LogP contribution is -2.60. The first-order chi connectivity index (χ1) is 12.7. The van der Waals surface area contributed by atoms with Gasteiger partial charge in [-0.15, -0.1) is 0 Å². The van der Waals surface area contributed by atoms with E-state index in [4.69, 9.17) is 0 Å². The van der Waals surface area contributed by atoms with E-state index >= 15 is 0 Å². The minimum Gasteiger partial charge on any atom is -0.345 e. The number of aromatic nitrogens is 2. The van der Waals surface area contributed by atoms with Crippen LogP contribution in [0.2, 0.25) is 0 Å². The largest absolute Gasteiger partial charge is 0.417 e. The number of nitrogens with one attached hydrogen (secondary N) is 1. The van der Waals surface area contributed by atoms with E-state index in [0.717, 1.165) is 31.5 Å². The van der Waals surface area contributed by atoms with Gasteiger partial charge in [-0.25, -0.2) is 4.98 Å². The molecule has 27 heavy (non-hydrogen) atoms. The van der Waals surface area contributed by atoms with Gasteiger partial charge in [0, 0.05) is 11.7 Å². The lowest BCUT2D eigenvalue weighted by Gasteiger charge is -2.56. The maximum Gasteiger partial charge on any atom is 0.417 e. The fourth-order valence-corrected chi connectivity index (χ4v) is 6.17. The molecule has 0 aromatic carbocycles. The quantitative estimate of drug-likeness (QED) is 0.845. The maximum atomic E-state index is 13.1. The fourth-order valence-electron chi connectivity index (χ4n) is 6.17. The molecule has 144 valence electrons. The van der Waals surface area contributed by atoms with Gasteiger partial charge in [-0.05, 0) is 75.3 Å². The number of imidazole rings is 1. The van der Waals surface area contributed by atoms with Crippen LogP contribution in [0.1, 0.15) is 60.3 Å². The Labute approximate surface area is 155 Å². The van der Waals surface area contributed by atoms with Gasteiger partial charge in [0.25, 0.3) is 5.91 Å². The molecule has 4 aliphatic rings. The highest BCUT2D eigenvalue weighted by Crippen LogP contribution is 2.55. The minimum atomic E-state index is -4.46. The Kier molecular flexibility index (Phi) is 3.47. The molecular weight excluding hydrogens is 355 g/mol. The van der Waals surface area contributed by atoms with Crippen molar-refractivity contribution in [2.75, 3.05) is 0 Å². The number of amides is 1. The van der Waals surface area contributed by atoms with Crippen LogP contribution in [-0.4, -0.2) is 20.8 Å². The summed E-state index contributed by atoms with van der Waals surface area (Å²) in [4.78, 5) is 17.4. The molecule has 4 fully saturated rings. The molecule has 1 N–H and O–H groups in total. The summed E-state index contributed by atoms with van der Waals surface area (Å²) in [6, 6.07) is 2.32. The van der Waals surface area contributed by atoms with Crippen LogP contribution in [0.5, 0.6) is 0 Å². The van der Waals surface area contributed by atoms with Gasteiger partial charge in [-0.3, -0.25) is 9.20 Å². The minimum absolute atomic E-state index is 0.190. The van der Waals surface area contributed by atoms with Crippen molar-refractivity contribution in [1.82, 2.24) is 14.7 Å². The summed E-state index contributed by atoms with van der Waals surface area (Å²) in [5, 5.41) is 3.24. The van der Waals surface area contributed by atoms with Crippen molar-refractivity contribution in [3.8, 4) is 0 Å². The van der Waals surface area contributed by atoms with Gasteiger partial charge < -0.3 is 5.32 Å². The number of aryl methyl sites for hydroxylation is 1. The molecule has 2 heterocycles. The Morgan fingerprint density at radius 2 is 1.74 bits per heavy atom. The second-order valence-corrected chi connectivity index (χ2v) is 8.84. The molecule has 0 unspecified atom stereocenters. The highest BCUT2D eigenvalue weighted by Gasteiger charge is 2.51. The second-order valence-electron chi connectivity index (χ2n) is 8.84. The lowest BCUT2D eigenvalue weighted by molar-refractivity contribution is -0.137. The van der Waals surface area contributed by atoms with Crippen LogP contribution >= 0.6 is 0 Å². The van der Waals surface area contributed by atoms with Crippen molar-refractivity contribution in [2.24, 2.45) is 17.8 Å². The molecule has 4 bridgehead atoms. The summed E-state index contributed by atoms with van der Waals surface area (Å²) in [5.41, 5.74) is 0.0557. The monoisotopic (exact) mass is 377 g/mol. The molecule has 0 atom stereocenters. The summed E-state index contributed by atoms with van der Waals surface area (Å²) in [7, 11) is 0. The van der Waals surface area contributed by atoms with Crippen LogP contribution in [0.4, 0.5) is 13.2 Å². The van der Waals surface area contributed by atoms with E-state index in [1.165, 1.54) is 29.7 Å². The number of hydrogen-bond acceptors (Lipinski definition) is 2. The summed E-state index contributed by atoms with van der Waals surface area (Å²) in [5.74, 6) is 1.73. The topological polar surface area (TPSA) is 46.4 Å². The molecule has 0 radical (unpaired) electrons.